The van der Waals surface area contributed by atoms with Gasteiger partial charge in [0.2, 0.25) is 5.91 Å². The smallest absolute Gasteiger partial charge is 0.315 e. The van der Waals surface area contributed by atoms with Crippen molar-refractivity contribution in [2.45, 2.75) is 66.5 Å². The van der Waals surface area contributed by atoms with Crippen LogP contribution in [-0.2, 0) is 11.3 Å². The van der Waals surface area contributed by atoms with E-state index in [2.05, 4.69) is 36.7 Å². The molecule has 0 heterocycles. The lowest BCUT2D eigenvalue weighted by Gasteiger charge is -2.39. The number of amides is 3. The van der Waals surface area contributed by atoms with Crippen molar-refractivity contribution in [3.05, 3.63) is 29.8 Å². The average molecular weight is 372 g/mol. The van der Waals surface area contributed by atoms with Crippen LogP contribution in [0.15, 0.2) is 24.3 Å². The first-order valence-corrected chi connectivity index (χ1v) is 10.1. The summed E-state index contributed by atoms with van der Waals surface area (Å²) in [5.41, 5.74) is 2.26. The van der Waals surface area contributed by atoms with E-state index in [1.807, 2.05) is 38.1 Å². The Bertz CT molecular complexity index is 711. The number of urea groups is 1. The van der Waals surface area contributed by atoms with Crippen LogP contribution in [0.4, 0.5) is 10.5 Å². The van der Waals surface area contributed by atoms with E-state index < -0.39 is 0 Å². The number of hydrogen-bond donors (Lipinski definition) is 3. The van der Waals surface area contributed by atoms with Crippen LogP contribution in [0.2, 0.25) is 0 Å². The number of carbonyl (C=O) groups excluding carboxylic acids is 2. The molecular formula is C22H33N3O2. The molecule has 2 aliphatic carbocycles. The lowest BCUT2D eigenvalue weighted by atomic mass is 9.69. The van der Waals surface area contributed by atoms with Crippen LogP contribution >= 0.6 is 0 Å². The first-order valence-electron chi connectivity index (χ1n) is 10.1. The molecule has 3 atom stereocenters. The van der Waals surface area contributed by atoms with Gasteiger partial charge in [0.05, 0.1) is 0 Å². The molecule has 2 fully saturated rings. The summed E-state index contributed by atoms with van der Waals surface area (Å²) in [6.07, 6.45) is 3.56. The topological polar surface area (TPSA) is 70.2 Å². The van der Waals surface area contributed by atoms with Crippen LogP contribution in [-0.4, -0.2) is 18.0 Å². The van der Waals surface area contributed by atoms with Crippen molar-refractivity contribution >= 4 is 17.6 Å². The Hall–Kier alpha value is -2.04. The Morgan fingerprint density at radius 1 is 1.15 bits per heavy atom. The molecule has 0 aromatic heterocycles. The normalized spacial score (nSPS) is 28.2. The third kappa shape index (κ3) is 3.69. The summed E-state index contributed by atoms with van der Waals surface area (Å²) in [5.74, 6) is 0.664. The van der Waals surface area contributed by atoms with E-state index in [4.69, 9.17) is 0 Å². The summed E-state index contributed by atoms with van der Waals surface area (Å²) < 4.78 is 0. The van der Waals surface area contributed by atoms with Crippen LogP contribution in [0.5, 0.6) is 0 Å². The van der Waals surface area contributed by atoms with Crippen molar-refractivity contribution in [1.82, 2.24) is 10.6 Å². The molecule has 2 saturated carbocycles. The number of rotatable bonds is 5. The second-order valence-corrected chi connectivity index (χ2v) is 9.33. The van der Waals surface area contributed by atoms with Crippen LogP contribution in [0.1, 0.15) is 59.4 Å². The van der Waals surface area contributed by atoms with E-state index in [0.717, 1.165) is 17.7 Å². The highest BCUT2D eigenvalue weighted by molar-refractivity contribution is 5.92. The minimum atomic E-state index is -0.0956. The molecule has 3 rings (SSSR count). The molecule has 5 heteroatoms. The predicted octanol–water partition coefficient (Wildman–Crippen LogP) is 4.30. The van der Waals surface area contributed by atoms with Crippen molar-refractivity contribution in [3.8, 4) is 0 Å². The number of benzene rings is 1. The highest BCUT2D eigenvalue weighted by Gasteiger charge is 2.61. The maximum absolute atomic E-state index is 12.4. The number of nitrogens with one attached hydrogen (secondary N) is 3. The molecule has 2 bridgehead atoms. The van der Waals surface area contributed by atoms with Gasteiger partial charge >= 0.3 is 6.03 Å². The van der Waals surface area contributed by atoms with Gasteiger partial charge in [0.15, 0.2) is 0 Å². The zero-order valence-electron chi connectivity index (χ0n) is 17.2. The molecule has 3 N–H and O–H groups in total. The van der Waals surface area contributed by atoms with Crippen molar-refractivity contribution in [3.63, 3.8) is 0 Å². The SMILES string of the molecule is CC(C)C(=O)Nc1ccc(CNC(=O)N[C@H]2C[C@@H]3CC[C@]2(C)C3(C)C)cc1. The number of fused-ring (bicyclic) bond motifs is 2. The van der Waals surface area contributed by atoms with Crippen molar-refractivity contribution in [2.24, 2.45) is 22.7 Å². The molecule has 3 amide bonds. The summed E-state index contributed by atoms with van der Waals surface area (Å²) in [6, 6.07) is 7.75. The number of anilines is 1. The molecule has 2 aliphatic rings. The lowest BCUT2D eigenvalue weighted by Crippen LogP contribution is -2.49. The van der Waals surface area contributed by atoms with E-state index in [1.165, 1.54) is 12.8 Å². The van der Waals surface area contributed by atoms with Crippen LogP contribution in [0.3, 0.4) is 0 Å². The maximum atomic E-state index is 12.4. The second-order valence-electron chi connectivity index (χ2n) is 9.33. The molecule has 0 saturated heterocycles. The molecule has 27 heavy (non-hydrogen) atoms. The average Bonchev–Trinajstić information content (AvgIpc) is 2.94. The Morgan fingerprint density at radius 3 is 2.33 bits per heavy atom. The molecule has 5 nitrogen and oxygen atoms in total. The van der Waals surface area contributed by atoms with Gasteiger partial charge in [-0.2, -0.15) is 0 Å². The summed E-state index contributed by atoms with van der Waals surface area (Å²) in [4.78, 5) is 24.1. The van der Waals surface area contributed by atoms with E-state index in [-0.39, 0.29) is 29.3 Å². The zero-order chi connectivity index (χ0) is 19.8. The maximum Gasteiger partial charge on any atom is 0.315 e. The summed E-state index contributed by atoms with van der Waals surface area (Å²) in [5, 5.41) is 9.06. The molecular weight excluding hydrogens is 338 g/mol. The molecule has 0 aliphatic heterocycles. The van der Waals surface area contributed by atoms with Gasteiger partial charge in [-0.05, 0) is 53.7 Å². The molecule has 0 unspecified atom stereocenters. The zero-order valence-corrected chi connectivity index (χ0v) is 17.2. The Kier molecular flexibility index (Phi) is 5.24. The second kappa shape index (κ2) is 7.17. The Labute approximate surface area is 162 Å². The van der Waals surface area contributed by atoms with Crippen molar-refractivity contribution < 1.29 is 9.59 Å². The van der Waals surface area contributed by atoms with Gasteiger partial charge in [0.25, 0.3) is 0 Å². The third-order valence-electron chi connectivity index (χ3n) is 7.30. The third-order valence-corrected chi connectivity index (χ3v) is 7.30. The van der Waals surface area contributed by atoms with Gasteiger partial charge in [0.1, 0.15) is 0 Å². The molecule has 0 spiro atoms. The van der Waals surface area contributed by atoms with Crippen molar-refractivity contribution in [2.75, 3.05) is 5.32 Å². The minimum Gasteiger partial charge on any atom is -0.335 e. The monoisotopic (exact) mass is 371 g/mol. The first-order chi connectivity index (χ1) is 12.6. The highest BCUT2D eigenvalue weighted by Crippen LogP contribution is 2.65. The van der Waals surface area contributed by atoms with E-state index >= 15 is 0 Å². The van der Waals surface area contributed by atoms with Gasteiger partial charge in [-0.1, -0.05) is 46.8 Å². The minimum absolute atomic E-state index is 0.00235. The fourth-order valence-corrected chi connectivity index (χ4v) is 4.81. The predicted molar refractivity (Wildman–Crippen MR) is 108 cm³/mol. The fraction of sp³-hybridized carbons (Fsp3) is 0.636. The summed E-state index contributed by atoms with van der Waals surface area (Å²) in [7, 11) is 0. The van der Waals surface area contributed by atoms with Crippen LogP contribution in [0, 0.1) is 22.7 Å². The summed E-state index contributed by atoms with van der Waals surface area (Å²) >= 11 is 0. The molecule has 1 aromatic rings. The van der Waals surface area contributed by atoms with E-state index in [9.17, 15) is 9.59 Å². The van der Waals surface area contributed by atoms with Gasteiger partial charge < -0.3 is 16.0 Å². The van der Waals surface area contributed by atoms with E-state index in [1.54, 1.807) is 0 Å². The Balaban J connectivity index is 1.49. The molecule has 148 valence electrons. The quantitative estimate of drug-likeness (QED) is 0.722. The summed E-state index contributed by atoms with van der Waals surface area (Å²) in [6.45, 7) is 11.2. The number of carbonyl (C=O) groups is 2. The first kappa shape index (κ1) is 19.7. The van der Waals surface area contributed by atoms with Gasteiger partial charge in [0, 0.05) is 24.2 Å². The fourth-order valence-electron chi connectivity index (χ4n) is 4.81. The van der Waals surface area contributed by atoms with Crippen molar-refractivity contribution in [1.29, 1.82) is 0 Å². The van der Waals surface area contributed by atoms with E-state index in [0.29, 0.717) is 17.9 Å². The van der Waals surface area contributed by atoms with Crippen LogP contribution in [0.25, 0.3) is 0 Å². The standard InChI is InChI=1S/C22H33N3O2/c1-14(2)19(26)24-17-8-6-15(7-9-17)13-23-20(27)25-18-12-16-10-11-22(18,5)21(16,3)4/h6-9,14,16,18H,10-13H2,1-5H3,(H,24,26)(H2,23,25,27)/t16-,18-,22-/m0/s1. The largest absolute Gasteiger partial charge is 0.335 e. The van der Waals surface area contributed by atoms with Crippen LogP contribution < -0.4 is 16.0 Å². The molecule has 0 radical (unpaired) electrons. The number of hydrogen-bond acceptors (Lipinski definition) is 2. The lowest BCUT2D eigenvalue weighted by molar-refractivity contribution is -0.118. The van der Waals surface area contributed by atoms with Gasteiger partial charge in [-0.25, -0.2) is 4.79 Å². The van der Waals surface area contributed by atoms with Gasteiger partial charge in [-0.3, -0.25) is 4.79 Å². The highest BCUT2D eigenvalue weighted by atomic mass is 16.2. The van der Waals surface area contributed by atoms with Gasteiger partial charge in [-0.15, -0.1) is 0 Å². The molecule has 1 aromatic carbocycles. The Morgan fingerprint density at radius 2 is 1.81 bits per heavy atom.